The summed E-state index contributed by atoms with van der Waals surface area (Å²) < 4.78 is 0. The first-order chi connectivity index (χ1) is 11.3. The van der Waals surface area contributed by atoms with Crippen LogP contribution in [0.15, 0.2) is 29.1 Å². The molecule has 0 fully saturated rings. The first kappa shape index (κ1) is 16.2. The van der Waals surface area contributed by atoms with Crippen LogP contribution in [0.3, 0.4) is 0 Å². The van der Waals surface area contributed by atoms with Crippen LogP contribution in [0.25, 0.3) is 0 Å². The standard InChI is InChI=1S/C19H20N2O3/c1-10-4-11(2)6-13(5-10)20-18(23)15-9-14-16(21-19(15)24)7-12(3)8-17(14)22/h4-6,9,12H,7-8H2,1-3H3,(H,20,23)(H,21,24)/t12-/m1/s1. The van der Waals surface area contributed by atoms with Crippen molar-refractivity contribution in [3.63, 3.8) is 0 Å². The van der Waals surface area contributed by atoms with E-state index >= 15 is 0 Å². The van der Waals surface area contributed by atoms with Crippen LogP contribution in [0.5, 0.6) is 0 Å². The van der Waals surface area contributed by atoms with Gasteiger partial charge in [-0.05, 0) is 55.5 Å². The average molecular weight is 324 g/mol. The molecule has 0 aliphatic heterocycles. The van der Waals surface area contributed by atoms with Crippen molar-refractivity contribution < 1.29 is 9.59 Å². The van der Waals surface area contributed by atoms with Gasteiger partial charge in [-0.3, -0.25) is 14.4 Å². The molecule has 2 N–H and O–H groups in total. The number of fused-ring (bicyclic) bond motifs is 1. The summed E-state index contributed by atoms with van der Waals surface area (Å²) in [7, 11) is 0. The molecule has 1 aliphatic carbocycles. The van der Waals surface area contributed by atoms with E-state index in [0.717, 1.165) is 11.1 Å². The lowest BCUT2D eigenvalue weighted by Crippen LogP contribution is -2.29. The molecular weight excluding hydrogens is 304 g/mol. The van der Waals surface area contributed by atoms with E-state index < -0.39 is 11.5 Å². The molecule has 1 aromatic carbocycles. The minimum atomic E-state index is -0.504. The summed E-state index contributed by atoms with van der Waals surface area (Å²) in [6.45, 7) is 5.85. The zero-order valence-electron chi connectivity index (χ0n) is 14.0. The molecule has 1 amide bonds. The van der Waals surface area contributed by atoms with Gasteiger partial charge < -0.3 is 10.3 Å². The smallest absolute Gasteiger partial charge is 0.261 e. The van der Waals surface area contributed by atoms with E-state index in [1.54, 1.807) is 0 Å². The Morgan fingerprint density at radius 2 is 1.75 bits per heavy atom. The Bertz CT molecular complexity index is 876. The molecule has 0 saturated heterocycles. The van der Waals surface area contributed by atoms with Crippen LogP contribution < -0.4 is 10.9 Å². The van der Waals surface area contributed by atoms with Crippen LogP contribution in [0.4, 0.5) is 5.69 Å². The van der Waals surface area contributed by atoms with Gasteiger partial charge in [-0.25, -0.2) is 0 Å². The molecule has 0 saturated carbocycles. The maximum Gasteiger partial charge on any atom is 0.261 e. The Labute approximate surface area is 140 Å². The third kappa shape index (κ3) is 3.15. The minimum absolute atomic E-state index is 0.0274. The number of pyridine rings is 1. The number of nitrogens with one attached hydrogen (secondary N) is 2. The molecule has 0 spiro atoms. The maximum absolute atomic E-state index is 12.5. The topological polar surface area (TPSA) is 79.0 Å². The summed E-state index contributed by atoms with van der Waals surface area (Å²) in [6.07, 6.45) is 1.09. The Morgan fingerprint density at radius 3 is 2.42 bits per heavy atom. The first-order valence-corrected chi connectivity index (χ1v) is 8.02. The number of hydrogen-bond acceptors (Lipinski definition) is 3. The number of benzene rings is 1. The molecule has 24 heavy (non-hydrogen) atoms. The second-order valence-corrected chi connectivity index (χ2v) is 6.67. The minimum Gasteiger partial charge on any atom is -0.325 e. The van der Waals surface area contributed by atoms with Gasteiger partial charge in [0.25, 0.3) is 11.5 Å². The molecule has 0 radical (unpaired) electrons. The molecule has 124 valence electrons. The first-order valence-electron chi connectivity index (χ1n) is 8.02. The molecule has 5 heteroatoms. The maximum atomic E-state index is 12.5. The van der Waals surface area contributed by atoms with E-state index in [1.807, 2.05) is 39.0 Å². The number of Topliss-reactive ketones (excluding diaryl/α,β-unsaturated/α-hetero) is 1. The molecular formula is C19H20N2O3. The number of carbonyl (C=O) groups is 2. The van der Waals surface area contributed by atoms with Gasteiger partial charge in [0.2, 0.25) is 0 Å². The zero-order chi connectivity index (χ0) is 17.4. The normalized spacial score (nSPS) is 16.6. The average Bonchev–Trinajstić information content (AvgIpc) is 2.44. The van der Waals surface area contributed by atoms with E-state index in [2.05, 4.69) is 10.3 Å². The number of anilines is 1. The molecule has 0 bridgehead atoms. The number of aromatic amines is 1. The second-order valence-electron chi connectivity index (χ2n) is 6.67. The lowest BCUT2D eigenvalue weighted by Gasteiger charge is -2.20. The summed E-state index contributed by atoms with van der Waals surface area (Å²) in [5, 5.41) is 2.74. The summed E-state index contributed by atoms with van der Waals surface area (Å²) in [4.78, 5) is 39.6. The van der Waals surface area contributed by atoms with Crippen LogP contribution in [0, 0.1) is 19.8 Å². The number of carbonyl (C=O) groups excluding carboxylic acids is 2. The van der Waals surface area contributed by atoms with Crippen molar-refractivity contribution in [2.24, 2.45) is 5.92 Å². The van der Waals surface area contributed by atoms with Crippen molar-refractivity contribution in [1.29, 1.82) is 0 Å². The van der Waals surface area contributed by atoms with Gasteiger partial charge in [-0.1, -0.05) is 13.0 Å². The van der Waals surface area contributed by atoms with Crippen LogP contribution in [0.2, 0.25) is 0 Å². The van der Waals surface area contributed by atoms with Crippen molar-refractivity contribution >= 4 is 17.4 Å². The predicted octanol–water partition coefficient (Wildman–Crippen LogP) is 3.01. The molecule has 5 nitrogen and oxygen atoms in total. The fourth-order valence-electron chi connectivity index (χ4n) is 3.24. The number of rotatable bonds is 2. The second kappa shape index (κ2) is 6.07. The highest BCUT2D eigenvalue weighted by Gasteiger charge is 2.25. The Morgan fingerprint density at radius 1 is 1.08 bits per heavy atom. The molecule has 1 atom stereocenters. The van der Waals surface area contributed by atoms with Gasteiger partial charge in [0, 0.05) is 23.4 Å². The number of aryl methyl sites for hydroxylation is 2. The third-order valence-corrected chi connectivity index (χ3v) is 4.23. The highest BCUT2D eigenvalue weighted by molar-refractivity contribution is 6.06. The third-order valence-electron chi connectivity index (χ3n) is 4.23. The largest absolute Gasteiger partial charge is 0.325 e. The predicted molar refractivity (Wildman–Crippen MR) is 92.7 cm³/mol. The summed E-state index contributed by atoms with van der Waals surface area (Å²) in [5.41, 5.74) is 3.27. The fraction of sp³-hybridized carbons (Fsp3) is 0.316. The van der Waals surface area contributed by atoms with Gasteiger partial charge in [-0.15, -0.1) is 0 Å². The fourth-order valence-corrected chi connectivity index (χ4v) is 3.24. The molecule has 3 rings (SSSR count). The Kier molecular flexibility index (Phi) is 4.09. The molecule has 2 aromatic rings. The van der Waals surface area contributed by atoms with Crippen molar-refractivity contribution in [1.82, 2.24) is 4.98 Å². The number of ketones is 1. The van der Waals surface area contributed by atoms with E-state index in [1.165, 1.54) is 6.07 Å². The highest BCUT2D eigenvalue weighted by atomic mass is 16.2. The molecule has 1 aromatic heterocycles. The summed E-state index contributed by atoms with van der Waals surface area (Å²) in [5.74, 6) is -0.327. The lowest BCUT2D eigenvalue weighted by molar-refractivity contribution is 0.0952. The van der Waals surface area contributed by atoms with E-state index in [0.29, 0.717) is 29.8 Å². The van der Waals surface area contributed by atoms with Crippen molar-refractivity contribution in [2.45, 2.75) is 33.6 Å². The van der Waals surface area contributed by atoms with Crippen LogP contribution >= 0.6 is 0 Å². The van der Waals surface area contributed by atoms with E-state index in [4.69, 9.17) is 0 Å². The van der Waals surface area contributed by atoms with Gasteiger partial charge in [0.05, 0.1) is 0 Å². The summed E-state index contributed by atoms with van der Waals surface area (Å²) >= 11 is 0. The van der Waals surface area contributed by atoms with Crippen molar-refractivity contribution in [3.05, 3.63) is 62.6 Å². The number of H-pyrrole nitrogens is 1. The van der Waals surface area contributed by atoms with Gasteiger partial charge in [0.1, 0.15) is 5.56 Å². The SMILES string of the molecule is Cc1cc(C)cc(NC(=O)c2cc3c([nH]c2=O)C[C@@H](C)CC3=O)c1. The monoisotopic (exact) mass is 324 g/mol. The van der Waals surface area contributed by atoms with Gasteiger partial charge in [-0.2, -0.15) is 0 Å². The number of hydrogen-bond donors (Lipinski definition) is 2. The van der Waals surface area contributed by atoms with Crippen LogP contribution in [0.1, 0.15) is 50.9 Å². The zero-order valence-corrected chi connectivity index (χ0v) is 14.0. The van der Waals surface area contributed by atoms with E-state index in [-0.39, 0.29) is 17.3 Å². The number of amides is 1. The molecule has 1 aliphatic rings. The summed E-state index contributed by atoms with van der Waals surface area (Å²) in [6, 6.07) is 7.11. The molecule has 1 heterocycles. The number of aromatic nitrogens is 1. The lowest BCUT2D eigenvalue weighted by atomic mass is 9.86. The Balaban J connectivity index is 1.94. The Hall–Kier alpha value is -2.69. The quantitative estimate of drug-likeness (QED) is 0.891. The van der Waals surface area contributed by atoms with Gasteiger partial charge >= 0.3 is 0 Å². The van der Waals surface area contributed by atoms with Crippen molar-refractivity contribution in [2.75, 3.05) is 5.32 Å². The highest BCUT2D eigenvalue weighted by Crippen LogP contribution is 2.23. The van der Waals surface area contributed by atoms with Crippen molar-refractivity contribution in [3.8, 4) is 0 Å². The van der Waals surface area contributed by atoms with Gasteiger partial charge in [0.15, 0.2) is 5.78 Å². The van der Waals surface area contributed by atoms with E-state index in [9.17, 15) is 14.4 Å². The molecule has 0 unspecified atom stereocenters. The van der Waals surface area contributed by atoms with Crippen LogP contribution in [-0.4, -0.2) is 16.7 Å². The van der Waals surface area contributed by atoms with Crippen LogP contribution in [-0.2, 0) is 6.42 Å².